The van der Waals surface area contributed by atoms with Crippen LogP contribution in [0.15, 0.2) is 29.3 Å². The number of carbonyl (C=O) groups is 1. The standard InChI is InChI=1S/C12H18N4O/c1-8(2)11(17)16-10-5-3-9(4-6-10)7-15-12(13)14/h3-6,8H,7H2,1-2H3,(H,16,17)(H4,13,14,15). The van der Waals surface area contributed by atoms with E-state index < -0.39 is 0 Å². The van der Waals surface area contributed by atoms with E-state index in [4.69, 9.17) is 11.5 Å². The van der Waals surface area contributed by atoms with Crippen molar-refractivity contribution < 1.29 is 4.79 Å². The van der Waals surface area contributed by atoms with Gasteiger partial charge in [0.1, 0.15) is 0 Å². The molecule has 0 saturated heterocycles. The number of rotatable bonds is 4. The van der Waals surface area contributed by atoms with Crippen molar-refractivity contribution in [2.45, 2.75) is 20.4 Å². The Hall–Kier alpha value is -2.04. The molecule has 0 fully saturated rings. The monoisotopic (exact) mass is 234 g/mol. The smallest absolute Gasteiger partial charge is 0.226 e. The first-order valence-corrected chi connectivity index (χ1v) is 5.44. The van der Waals surface area contributed by atoms with Crippen molar-refractivity contribution >= 4 is 17.6 Å². The summed E-state index contributed by atoms with van der Waals surface area (Å²) in [5.74, 6) is 0.0421. The molecule has 5 N–H and O–H groups in total. The molecule has 0 bridgehead atoms. The molecular formula is C12H18N4O. The number of amides is 1. The van der Waals surface area contributed by atoms with Crippen LogP contribution < -0.4 is 16.8 Å². The minimum absolute atomic E-state index is 0.00183. The zero-order chi connectivity index (χ0) is 12.8. The summed E-state index contributed by atoms with van der Waals surface area (Å²) in [6.45, 7) is 4.14. The van der Waals surface area contributed by atoms with Crippen LogP contribution in [-0.2, 0) is 11.3 Å². The van der Waals surface area contributed by atoms with E-state index in [2.05, 4.69) is 10.3 Å². The van der Waals surface area contributed by atoms with E-state index in [0.717, 1.165) is 11.3 Å². The molecule has 1 amide bonds. The van der Waals surface area contributed by atoms with Gasteiger partial charge in [-0.2, -0.15) is 0 Å². The molecule has 17 heavy (non-hydrogen) atoms. The Morgan fingerprint density at radius 1 is 1.29 bits per heavy atom. The second kappa shape index (κ2) is 5.89. The maximum Gasteiger partial charge on any atom is 0.226 e. The molecule has 1 aromatic rings. The highest BCUT2D eigenvalue weighted by Crippen LogP contribution is 2.11. The van der Waals surface area contributed by atoms with Crippen molar-refractivity contribution in [1.82, 2.24) is 0 Å². The first-order valence-electron chi connectivity index (χ1n) is 5.44. The molecule has 0 atom stereocenters. The first-order chi connectivity index (χ1) is 7.99. The number of nitrogens with zero attached hydrogens (tertiary/aromatic N) is 1. The van der Waals surface area contributed by atoms with Gasteiger partial charge in [0, 0.05) is 11.6 Å². The third-order valence-corrected chi connectivity index (χ3v) is 2.19. The van der Waals surface area contributed by atoms with Crippen LogP contribution in [0.2, 0.25) is 0 Å². The topological polar surface area (TPSA) is 93.5 Å². The van der Waals surface area contributed by atoms with E-state index in [9.17, 15) is 4.79 Å². The molecule has 5 nitrogen and oxygen atoms in total. The molecular weight excluding hydrogens is 216 g/mol. The summed E-state index contributed by atoms with van der Waals surface area (Å²) in [5.41, 5.74) is 12.2. The average molecular weight is 234 g/mol. The number of carbonyl (C=O) groups excluding carboxylic acids is 1. The van der Waals surface area contributed by atoms with E-state index in [1.54, 1.807) is 0 Å². The molecule has 0 heterocycles. The highest BCUT2D eigenvalue weighted by molar-refractivity contribution is 5.92. The van der Waals surface area contributed by atoms with Crippen molar-refractivity contribution in [2.75, 3.05) is 5.32 Å². The van der Waals surface area contributed by atoms with Gasteiger partial charge in [-0.05, 0) is 17.7 Å². The van der Waals surface area contributed by atoms with Crippen LogP contribution in [-0.4, -0.2) is 11.9 Å². The zero-order valence-electron chi connectivity index (χ0n) is 10.1. The van der Waals surface area contributed by atoms with Crippen LogP contribution in [0.25, 0.3) is 0 Å². The summed E-state index contributed by atoms with van der Waals surface area (Å²) in [6.07, 6.45) is 0. The summed E-state index contributed by atoms with van der Waals surface area (Å²) in [4.78, 5) is 15.3. The van der Waals surface area contributed by atoms with Crippen molar-refractivity contribution in [3.8, 4) is 0 Å². The number of hydrogen-bond acceptors (Lipinski definition) is 2. The predicted molar refractivity (Wildman–Crippen MR) is 69.4 cm³/mol. The third kappa shape index (κ3) is 4.55. The first kappa shape index (κ1) is 13.0. The molecule has 0 spiro atoms. The predicted octanol–water partition coefficient (Wildman–Crippen LogP) is 1.05. The van der Waals surface area contributed by atoms with Crippen LogP contribution in [0.4, 0.5) is 5.69 Å². The number of aliphatic imine (C=N–C) groups is 1. The van der Waals surface area contributed by atoms with E-state index in [1.165, 1.54) is 0 Å². The quantitative estimate of drug-likeness (QED) is 0.537. The van der Waals surface area contributed by atoms with E-state index in [1.807, 2.05) is 38.1 Å². The van der Waals surface area contributed by atoms with Gasteiger partial charge in [-0.3, -0.25) is 4.79 Å². The lowest BCUT2D eigenvalue weighted by atomic mass is 10.2. The van der Waals surface area contributed by atoms with E-state index in [-0.39, 0.29) is 17.8 Å². The normalized spacial score (nSPS) is 10.1. The van der Waals surface area contributed by atoms with Crippen LogP contribution in [0.1, 0.15) is 19.4 Å². The van der Waals surface area contributed by atoms with Crippen LogP contribution in [0, 0.1) is 5.92 Å². The van der Waals surface area contributed by atoms with Crippen molar-refractivity contribution in [3.63, 3.8) is 0 Å². The van der Waals surface area contributed by atoms with Crippen LogP contribution >= 0.6 is 0 Å². The molecule has 0 radical (unpaired) electrons. The Labute approximate surface area is 101 Å². The van der Waals surface area contributed by atoms with Crippen LogP contribution in [0.5, 0.6) is 0 Å². The SMILES string of the molecule is CC(C)C(=O)Nc1ccc(CN=C(N)N)cc1. The molecule has 1 aromatic carbocycles. The number of benzene rings is 1. The summed E-state index contributed by atoms with van der Waals surface area (Å²) in [5, 5.41) is 2.81. The van der Waals surface area contributed by atoms with Crippen molar-refractivity contribution in [1.29, 1.82) is 0 Å². The van der Waals surface area contributed by atoms with Gasteiger partial charge in [0.25, 0.3) is 0 Å². The van der Waals surface area contributed by atoms with E-state index >= 15 is 0 Å². The molecule has 92 valence electrons. The van der Waals surface area contributed by atoms with Gasteiger partial charge in [-0.25, -0.2) is 4.99 Å². The minimum Gasteiger partial charge on any atom is -0.370 e. The Kier molecular flexibility index (Phi) is 4.51. The van der Waals surface area contributed by atoms with Gasteiger partial charge in [-0.1, -0.05) is 26.0 Å². The maximum atomic E-state index is 11.4. The molecule has 0 unspecified atom stereocenters. The molecule has 5 heteroatoms. The Morgan fingerprint density at radius 3 is 2.35 bits per heavy atom. The Morgan fingerprint density at radius 2 is 1.88 bits per heavy atom. The molecule has 0 aliphatic carbocycles. The summed E-state index contributed by atoms with van der Waals surface area (Å²) in [6, 6.07) is 7.42. The Bertz CT molecular complexity index is 405. The molecule has 1 rings (SSSR count). The van der Waals surface area contributed by atoms with E-state index in [0.29, 0.717) is 6.54 Å². The van der Waals surface area contributed by atoms with Gasteiger partial charge in [-0.15, -0.1) is 0 Å². The summed E-state index contributed by atoms with van der Waals surface area (Å²) in [7, 11) is 0. The number of nitrogens with two attached hydrogens (primary N) is 2. The average Bonchev–Trinajstić information content (AvgIpc) is 2.28. The summed E-state index contributed by atoms with van der Waals surface area (Å²) < 4.78 is 0. The highest BCUT2D eigenvalue weighted by Gasteiger charge is 2.06. The highest BCUT2D eigenvalue weighted by atomic mass is 16.1. The number of nitrogens with one attached hydrogen (secondary N) is 1. The second-order valence-electron chi connectivity index (χ2n) is 4.08. The maximum absolute atomic E-state index is 11.4. The fraction of sp³-hybridized carbons (Fsp3) is 0.333. The molecule has 0 aliphatic heterocycles. The number of anilines is 1. The van der Waals surface area contributed by atoms with Gasteiger partial charge in [0.15, 0.2) is 5.96 Å². The Balaban J connectivity index is 2.62. The van der Waals surface area contributed by atoms with Crippen LogP contribution in [0.3, 0.4) is 0 Å². The zero-order valence-corrected chi connectivity index (χ0v) is 10.1. The number of hydrogen-bond donors (Lipinski definition) is 3. The lowest BCUT2D eigenvalue weighted by molar-refractivity contribution is -0.118. The van der Waals surface area contributed by atoms with Crippen molar-refractivity contribution in [3.05, 3.63) is 29.8 Å². The lowest BCUT2D eigenvalue weighted by Crippen LogP contribution is -2.22. The van der Waals surface area contributed by atoms with Crippen molar-refractivity contribution in [2.24, 2.45) is 22.4 Å². The minimum atomic E-state index is -0.0312. The van der Waals surface area contributed by atoms with Gasteiger partial charge < -0.3 is 16.8 Å². The van der Waals surface area contributed by atoms with Gasteiger partial charge in [0.05, 0.1) is 6.54 Å². The lowest BCUT2D eigenvalue weighted by Gasteiger charge is -2.07. The van der Waals surface area contributed by atoms with Gasteiger partial charge in [0.2, 0.25) is 5.91 Å². The third-order valence-electron chi connectivity index (χ3n) is 2.19. The summed E-state index contributed by atoms with van der Waals surface area (Å²) >= 11 is 0. The van der Waals surface area contributed by atoms with Gasteiger partial charge >= 0.3 is 0 Å². The molecule has 0 aliphatic rings. The second-order valence-corrected chi connectivity index (χ2v) is 4.08. The largest absolute Gasteiger partial charge is 0.370 e. The number of guanidine groups is 1. The molecule has 0 aromatic heterocycles. The fourth-order valence-corrected chi connectivity index (χ4v) is 1.16. The molecule has 0 saturated carbocycles. The fourth-order valence-electron chi connectivity index (χ4n) is 1.16.